The predicted octanol–water partition coefficient (Wildman–Crippen LogP) is 4.20. The second-order valence-electron chi connectivity index (χ2n) is 5.08. The summed E-state index contributed by atoms with van der Waals surface area (Å²) in [6.45, 7) is 0.559. The minimum absolute atomic E-state index is 0.251. The summed E-state index contributed by atoms with van der Waals surface area (Å²) in [5.41, 5.74) is 0.890. The van der Waals surface area contributed by atoms with Crippen LogP contribution in [0.4, 0.5) is 14.7 Å². The predicted molar refractivity (Wildman–Crippen MR) is 87.1 cm³/mol. The first kappa shape index (κ1) is 15.9. The van der Waals surface area contributed by atoms with Crippen LogP contribution in [0, 0.1) is 11.6 Å². The highest BCUT2D eigenvalue weighted by molar-refractivity contribution is 5.32. The molecule has 1 aromatic heterocycles. The van der Waals surface area contributed by atoms with Gasteiger partial charge in [0.15, 0.2) is 0 Å². The fourth-order valence-electron chi connectivity index (χ4n) is 2.12. The Balaban J connectivity index is 1.57. The summed E-state index contributed by atoms with van der Waals surface area (Å²) >= 11 is 0. The van der Waals surface area contributed by atoms with E-state index in [0.29, 0.717) is 30.5 Å². The van der Waals surface area contributed by atoms with Gasteiger partial charge in [-0.3, -0.25) is 0 Å². The van der Waals surface area contributed by atoms with Gasteiger partial charge in [0.25, 0.3) is 0 Å². The Morgan fingerprint density at radius 2 is 1.79 bits per heavy atom. The van der Waals surface area contributed by atoms with Crippen LogP contribution in [0.25, 0.3) is 0 Å². The Morgan fingerprint density at radius 1 is 0.958 bits per heavy atom. The van der Waals surface area contributed by atoms with Gasteiger partial charge in [-0.1, -0.05) is 12.1 Å². The van der Waals surface area contributed by atoms with E-state index in [1.54, 1.807) is 18.3 Å². The summed E-state index contributed by atoms with van der Waals surface area (Å²) in [6, 6.07) is 13.7. The van der Waals surface area contributed by atoms with Crippen molar-refractivity contribution >= 4 is 5.95 Å². The molecule has 4 nitrogen and oxygen atoms in total. The van der Waals surface area contributed by atoms with Crippen molar-refractivity contribution < 1.29 is 13.5 Å². The third kappa shape index (κ3) is 4.49. The molecule has 24 heavy (non-hydrogen) atoms. The molecule has 0 radical (unpaired) electrons. The van der Waals surface area contributed by atoms with E-state index in [-0.39, 0.29) is 11.6 Å². The van der Waals surface area contributed by atoms with Crippen molar-refractivity contribution in [2.75, 3.05) is 11.9 Å². The SMILES string of the molecule is Fc1ccc(Oc2ccnc(NCCc3cccc(F)c3)n2)cc1. The number of ether oxygens (including phenoxy) is 1. The van der Waals surface area contributed by atoms with Gasteiger partial charge in [-0.2, -0.15) is 4.98 Å². The number of nitrogens with one attached hydrogen (secondary N) is 1. The van der Waals surface area contributed by atoms with Crippen LogP contribution in [-0.4, -0.2) is 16.5 Å². The Labute approximate surface area is 138 Å². The van der Waals surface area contributed by atoms with E-state index in [0.717, 1.165) is 5.56 Å². The second kappa shape index (κ2) is 7.50. The van der Waals surface area contributed by atoms with Crippen molar-refractivity contribution in [2.24, 2.45) is 0 Å². The lowest BCUT2D eigenvalue weighted by Crippen LogP contribution is -2.08. The Bertz CT molecular complexity index is 809. The lowest BCUT2D eigenvalue weighted by molar-refractivity contribution is 0.460. The van der Waals surface area contributed by atoms with E-state index in [9.17, 15) is 8.78 Å². The molecule has 1 heterocycles. The minimum atomic E-state index is -0.329. The first-order chi connectivity index (χ1) is 11.7. The summed E-state index contributed by atoms with van der Waals surface area (Å²) in [6.07, 6.45) is 2.21. The van der Waals surface area contributed by atoms with Gasteiger partial charge in [0.1, 0.15) is 17.4 Å². The van der Waals surface area contributed by atoms with Gasteiger partial charge in [0, 0.05) is 18.8 Å². The number of rotatable bonds is 6. The highest BCUT2D eigenvalue weighted by Crippen LogP contribution is 2.19. The Morgan fingerprint density at radius 3 is 2.58 bits per heavy atom. The maximum atomic E-state index is 13.1. The lowest BCUT2D eigenvalue weighted by Gasteiger charge is -2.08. The van der Waals surface area contributed by atoms with Gasteiger partial charge < -0.3 is 10.1 Å². The average molecular weight is 327 g/mol. The number of halogens is 2. The number of hydrogen-bond acceptors (Lipinski definition) is 4. The van der Waals surface area contributed by atoms with Crippen molar-refractivity contribution in [1.82, 2.24) is 9.97 Å². The number of aromatic nitrogens is 2. The largest absolute Gasteiger partial charge is 0.439 e. The molecule has 0 saturated carbocycles. The van der Waals surface area contributed by atoms with Crippen LogP contribution in [0.3, 0.4) is 0 Å². The highest BCUT2D eigenvalue weighted by Gasteiger charge is 2.03. The summed E-state index contributed by atoms with van der Waals surface area (Å²) in [7, 11) is 0. The third-order valence-electron chi connectivity index (χ3n) is 3.25. The van der Waals surface area contributed by atoms with Crippen LogP contribution in [0.15, 0.2) is 60.8 Å². The standard InChI is InChI=1S/C18H15F2N3O/c19-14-4-6-16(7-5-14)24-17-9-11-22-18(23-17)21-10-8-13-2-1-3-15(20)12-13/h1-7,9,11-12H,8,10H2,(H,21,22,23). The number of benzene rings is 2. The molecule has 3 rings (SSSR count). The topological polar surface area (TPSA) is 47.0 Å². The number of anilines is 1. The molecule has 0 bridgehead atoms. The zero-order valence-electron chi connectivity index (χ0n) is 12.7. The number of hydrogen-bond donors (Lipinski definition) is 1. The second-order valence-corrected chi connectivity index (χ2v) is 5.08. The quantitative estimate of drug-likeness (QED) is 0.737. The van der Waals surface area contributed by atoms with Gasteiger partial charge in [0.05, 0.1) is 0 Å². The molecule has 3 aromatic rings. The van der Waals surface area contributed by atoms with Crippen LogP contribution >= 0.6 is 0 Å². The Kier molecular flexibility index (Phi) is 4.96. The van der Waals surface area contributed by atoms with Crippen molar-refractivity contribution in [3.05, 3.63) is 78.0 Å². The van der Waals surface area contributed by atoms with E-state index >= 15 is 0 Å². The highest BCUT2D eigenvalue weighted by atomic mass is 19.1. The normalized spacial score (nSPS) is 10.4. The zero-order valence-corrected chi connectivity index (χ0v) is 12.7. The molecule has 0 unspecified atom stereocenters. The molecule has 6 heteroatoms. The van der Waals surface area contributed by atoms with Gasteiger partial charge in [-0.25, -0.2) is 13.8 Å². The fraction of sp³-hybridized carbons (Fsp3) is 0.111. The summed E-state index contributed by atoms with van der Waals surface area (Å²) in [4.78, 5) is 8.33. The van der Waals surface area contributed by atoms with Crippen LogP contribution in [0.1, 0.15) is 5.56 Å². The molecule has 0 aliphatic carbocycles. The summed E-state index contributed by atoms with van der Waals surface area (Å²) in [5.74, 6) is 0.667. The van der Waals surface area contributed by atoms with E-state index < -0.39 is 0 Å². The van der Waals surface area contributed by atoms with E-state index in [1.807, 2.05) is 6.07 Å². The summed E-state index contributed by atoms with van der Waals surface area (Å²) < 4.78 is 31.5. The Hall–Kier alpha value is -3.02. The molecule has 0 saturated heterocycles. The lowest BCUT2D eigenvalue weighted by atomic mass is 10.1. The molecule has 0 spiro atoms. The van der Waals surface area contributed by atoms with Gasteiger partial charge in [-0.05, 0) is 48.4 Å². The van der Waals surface area contributed by atoms with Crippen molar-refractivity contribution in [2.45, 2.75) is 6.42 Å². The van der Waals surface area contributed by atoms with Gasteiger partial charge in [0.2, 0.25) is 11.8 Å². The molecule has 0 amide bonds. The van der Waals surface area contributed by atoms with Crippen LogP contribution < -0.4 is 10.1 Å². The van der Waals surface area contributed by atoms with Crippen molar-refractivity contribution in [3.8, 4) is 11.6 Å². The fourth-order valence-corrected chi connectivity index (χ4v) is 2.12. The zero-order chi connectivity index (χ0) is 16.8. The molecule has 0 fully saturated rings. The van der Waals surface area contributed by atoms with Crippen molar-refractivity contribution in [3.63, 3.8) is 0 Å². The first-order valence-corrected chi connectivity index (χ1v) is 7.44. The molecular formula is C18H15F2N3O. The van der Waals surface area contributed by atoms with Crippen molar-refractivity contribution in [1.29, 1.82) is 0 Å². The third-order valence-corrected chi connectivity index (χ3v) is 3.25. The number of nitrogens with zero attached hydrogens (tertiary/aromatic N) is 2. The molecule has 0 aliphatic rings. The molecule has 0 atom stereocenters. The first-order valence-electron chi connectivity index (χ1n) is 7.44. The molecule has 2 aromatic carbocycles. The maximum Gasteiger partial charge on any atom is 0.225 e. The van der Waals surface area contributed by atoms with E-state index in [1.165, 1.54) is 36.4 Å². The van der Waals surface area contributed by atoms with Crippen LogP contribution in [0.5, 0.6) is 11.6 Å². The smallest absolute Gasteiger partial charge is 0.225 e. The maximum absolute atomic E-state index is 13.1. The van der Waals surface area contributed by atoms with E-state index in [4.69, 9.17) is 4.74 Å². The average Bonchev–Trinajstić information content (AvgIpc) is 2.58. The van der Waals surface area contributed by atoms with Crippen LogP contribution in [0.2, 0.25) is 0 Å². The molecular weight excluding hydrogens is 312 g/mol. The van der Waals surface area contributed by atoms with E-state index in [2.05, 4.69) is 15.3 Å². The minimum Gasteiger partial charge on any atom is -0.439 e. The van der Waals surface area contributed by atoms with Gasteiger partial charge >= 0.3 is 0 Å². The van der Waals surface area contributed by atoms with Crippen LogP contribution in [-0.2, 0) is 6.42 Å². The monoisotopic (exact) mass is 327 g/mol. The van der Waals surface area contributed by atoms with Gasteiger partial charge in [-0.15, -0.1) is 0 Å². The molecule has 0 aliphatic heterocycles. The molecule has 122 valence electrons. The summed E-state index contributed by atoms with van der Waals surface area (Å²) in [5, 5.41) is 3.06. The molecule has 1 N–H and O–H groups in total.